The molecule has 11 heteroatoms. The molecule has 3 rings (SSSR count). The van der Waals surface area contributed by atoms with Crippen LogP contribution in [-0.2, 0) is 20.9 Å². The first-order valence-electron chi connectivity index (χ1n) is 10.3. The second-order valence-electron chi connectivity index (χ2n) is 7.63. The molecule has 0 spiro atoms. The zero-order valence-electron chi connectivity index (χ0n) is 17.9. The summed E-state index contributed by atoms with van der Waals surface area (Å²) in [6, 6.07) is 4.62. The Morgan fingerprint density at radius 2 is 1.94 bits per heavy atom. The first-order chi connectivity index (χ1) is 15.7. The molecule has 1 fully saturated rings. The number of aromatic nitrogens is 2. The van der Waals surface area contributed by atoms with Crippen molar-refractivity contribution in [1.29, 1.82) is 0 Å². The molecule has 2 N–H and O–H groups in total. The number of amides is 3. The Balaban J connectivity index is 1.52. The Bertz CT molecular complexity index is 1080. The standard InChI is InChI=1S/C22H23Cl3N4O4/c1-13-17(21(25)29(28-13)11-14-6-7-15(23)10-18(14)24)8-9-20(31)33-12-19(30)27-22(32)26-16-4-2-3-5-16/h6-10,16H,2-5,11-12H2,1H3,(H2,26,27,30,32). The fourth-order valence-electron chi connectivity index (χ4n) is 3.46. The van der Waals surface area contributed by atoms with Crippen LogP contribution < -0.4 is 10.6 Å². The average molecular weight is 514 g/mol. The molecule has 1 aliphatic carbocycles. The molecule has 33 heavy (non-hydrogen) atoms. The highest BCUT2D eigenvalue weighted by molar-refractivity contribution is 6.35. The van der Waals surface area contributed by atoms with Crippen molar-refractivity contribution in [2.75, 3.05) is 6.61 Å². The number of urea groups is 1. The van der Waals surface area contributed by atoms with Crippen LogP contribution in [-0.4, -0.2) is 40.3 Å². The van der Waals surface area contributed by atoms with E-state index in [-0.39, 0.29) is 6.04 Å². The quantitative estimate of drug-likeness (QED) is 0.418. The topological polar surface area (TPSA) is 102 Å². The Hall–Kier alpha value is -2.55. The van der Waals surface area contributed by atoms with Crippen molar-refractivity contribution in [2.24, 2.45) is 0 Å². The van der Waals surface area contributed by atoms with Gasteiger partial charge in [0.25, 0.3) is 5.91 Å². The molecule has 0 bridgehead atoms. The molecule has 0 atom stereocenters. The van der Waals surface area contributed by atoms with Crippen molar-refractivity contribution < 1.29 is 19.1 Å². The van der Waals surface area contributed by atoms with Gasteiger partial charge in [0.1, 0.15) is 5.15 Å². The van der Waals surface area contributed by atoms with Gasteiger partial charge >= 0.3 is 12.0 Å². The molecule has 2 aromatic rings. The summed E-state index contributed by atoms with van der Waals surface area (Å²) in [6.07, 6.45) is 6.50. The number of hydrogen-bond donors (Lipinski definition) is 2. The SMILES string of the molecule is Cc1nn(Cc2ccc(Cl)cc2Cl)c(Cl)c1C=CC(=O)OCC(=O)NC(=O)NC1CCCC1. The smallest absolute Gasteiger partial charge is 0.331 e. The van der Waals surface area contributed by atoms with Gasteiger partial charge in [0.2, 0.25) is 0 Å². The van der Waals surface area contributed by atoms with Crippen LogP contribution in [0.25, 0.3) is 6.08 Å². The van der Waals surface area contributed by atoms with Gasteiger partial charge in [-0.2, -0.15) is 5.10 Å². The predicted molar refractivity (Wildman–Crippen MR) is 126 cm³/mol. The number of nitrogens with zero attached hydrogens (tertiary/aromatic N) is 2. The molecule has 0 unspecified atom stereocenters. The molecule has 176 valence electrons. The minimum Gasteiger partial charge on any atom is -0.452 e. The molecule has 1 aromatic heterocycles. The van der Waals surface area contributed by atoms with Crippen LogP contribution in [0.5, 0.6) is 0 Å². The third kappa shape index (κ3) is 7.22. The second-order valence-corrected chi connectivity index (χ2v) is 8.83. The summed E-state index contributed by atoms with van der Waals surface area (Å²) in [6.45, 7) is 1.48. The average Bonchev–Trinajstić information content (AvgIpc) is 3.35. The maximum Gasteiger partial charge on any atom is 0.331 e. The molecule has 8 nitrogen and oxygen atoms in total. The molecule has 0 saturated heterocycles. The van der Waals surface area contributed by atoms with Crippen molar-refractivity contribution in [3.63, 3.8) is 0 Å². The van der Waals surface area contributed by atoms with Gasteiger partial charge in [0.15, 0.2) is 6.61 Å². The number of esters is 1. The summed E-state index contributed by atoms with van der Waals surface area (Å²) in [5, 5.41) is 10.6. The number of hydrogen-bond acceptors (Lipinski definition) is 5. The van der Waals surface area contributed by atoms with Crippen LogP contribution in [0, 0.1) is 6.92 Å². The molecule has 1 heterocycles. The van der Waals surface area contributed by atoms with Gasteiger partial charge in [-0.25, -0.2) is 14.3 Å². The highest BCUT2D eigenvalue weighted by Crippen LogP contribution is 2.26. The number of ether oxygens (including phenoxy) is 1. The van der Waals surface area contributed by atoms with Gasteiger partial charge in [0, 0.05) is 27.7 Å². The minimum absolute atomic E-state index is 0.0768. The van der Waals surface area contributed by atoms with E-state index < -0.39 is 24.5 Å². The van der Waals surface area contributed by atoms with E-state index in [1.165, 1.54) is 6.08 Å². The monoisotopic (exact) mass is 512 g/mol. The largest absolute Gasteiger partial charge is 0.452 e. The maximum absolute atomic E-state index is 12.0. The van der Waals surface area contributed by atoms with Crippen molar-refractivity contribution in [2.45, 2.75) is 45.2 Å². The lowest BCUT2D eigenvalue weighted by atomic mass is 10.2. The first kappa shape index (κ1) is 25.1. The fraction of sp³-hybridized carbons (Fsp3) is 0.364. The first-order valence-corrected chi connectivity index (χ1v) is 11.5. The van der Waals surface area contributed by atoms with Crippen LogP contribution in [0.4, 0.5) is 4.79 Å². The lowest BCUT2D eigenvalue weighted by Crippen LogP contribution is -2.44. The van der Waals surface area contributed by atoms with Gasteiger partial charge in [-0.3, -0.25) is 10.1 Å². The molecule has 1 aliphatic rings. The number of carbonyl (C=O) groups excluding carboxylic acids is 3. The Morgan fingerprint density at radius 3 is 2.64 bits per heavy atom. The number of rotatable bonds is 7. The third-order valence-electron chi connectivity index (χ3n) is 5.12. The lowest BCUT2D eigenvalue weighted by molar-refractivity contribution is -0.143. The fourth-order valence-corrected chi connectivity index (χ4v) is 4.23. The summed E-state index contributed by atoms with van der Waals surface area (Å²) in [5.74, 6) is -1.47. The van der Waals surface area contributed by atoms with E-state index in [0.29, 0.717) is 33.0 Å². The Kier molecular flexibility index (Phi) is 8.77. The highest BCUT2D eigenvalue weighted by atomic mass is 35.5. The van der Waals surface area contributed by atoms with Gasteiger partial charge in [-0.15, -0.1) is 0 Å². The molecular weight excluding hydrogens is 491 g/mol. The van der Waals surface area contributed by atoms with Crippen molar-refractivity contribution >= 4 is 58.8 Å². The van der Waals surface area contributed by atoms with E-state index in [1.54, 1.807) is 29.8 Å². The molecular formula is C22H23Cl3N4O4. The molecule has 1 aromatic carbocycles. The van der Waals surface area contributed by atoms with E-state index in [4.69, 9.17) is 39.5 Å². The van der Waals surface area contributed by atoms with Crippen molar-refractivity contribution in [3.05, 3.63) is 56.3 Å². The number of benzene rings is 1. The zero-order chi connectivity index (χ0) is 24.0. The van der Waals surface area contributed by atoms with Crippen LogP contribution in [0.2, 0.25) is 15.2 Å². The van der Waals surface area contributed by atoms with Gasteiger partial charge < -0.3 is 10.1 Å². The summed E-state index contributed by atoms with van der Waals surface area (Å²) < 4.78 is 6.44. The van der Waals surface area contributed by atoms with E-state index >= 15 is 0 Å². The van der Waals surface area contributed by atoms with Crippen LogP contribution >= 0.6 is 34.8 Å². The molecule has 3 amide bonds. The van der Waals surface area contributed by atoms with Gasteiger partial charge in [0.05, 0.1) is 12.2 Å². The lowest BCUT2D eigenvalue weighted by Gasteiger charge is -2.12. The number of carbonyl (C=O) groups is 3. The van der Waals surface area contributed by atoms with Crippen LogP contribution in [0.1, 0.15) is 42.5 Å². The minimum atomic E-state index is -0.759. The van der Waals surface area contributed by atoms with Gasteiger partial charge in [-0.1, -0.05) is 53.7 Å². The van der Waals surface area contributed by atoms with Crippen LogP contribution in [0.3, 0.4) is 0 Å². The Labute approximate surface area is 206 Å². The Morgan fingerprint density at radius 1 is 1.21 bits per heavy atom. The summed E-state index contributed by atoms with van der Waals surface area (Å²) in [7, 11) is 0. The van der Waals surface area contributed by atoms with E-state index in [9.17, 15) is 14.4 Å². The summed E-state index contributed by atoms with van der Waals surface area (Å²) in [5.41, 5.74) is 1.90. The van der Waals surface area contributed by atoms with Gasteiger partial charge in [-0.05, 0) is 43.5 Å². The summed E-state index contributed by atoms with van der Waals surface area (Å²) >= 11 is 18.6. The maximum atomic E-state index is 12.0. The van der Waals surface area contributed by atoms with Crippen LogP contribution in [0.15, 0.2) is 24.3 Å². The third-order valence-corrected chi connectivity index (χ3v) is 6.11. The number of imide groups is 1. The second kappa shape index (κ2) is 11.5. The van der Waals surface area contributed by atoms with E-state index in [1.807, 2.05) is 0 Å². The molecule has 1 saturated carbocycles. The molecule has 0 radical (unpaired) electrons. The van der Waals surface area contributed by atoms with Crippen molar-refractivity contribution in [1.82, 2.24) is 20.4 Å². The summed E-state index contributed by atoms with van der Waals surface area (Å²) in [4.78, 5) is 35.6. The number of halogens is 3. The highest BCUT2D eigenvalue weighted by Gasteiger charge is 2.18. The van der Waals surface area contributed by atoms with Crippen molar-refractivity contribution in [3.8, 4) is 0 Å². The number of aryl methyl sites for hydroxylation is 1. The predicted octanol–water partition coefficient (Wildman–Crippen LogP) is 4.52. The molecule has 0 aliphatic heterocycles. The van der Waals surface area contributed by atoms with E-state index in [2.05, 4.69) is 15.7 Å². The number of nitrogens with one attached hydrogen (secondary N) is 2. The van der Waals surface area contributed by atoms with E-state index in [0.717, 1.165) is 37.3 Å². The zero-order valence-corrected chi connectivity index (χ0v) is 20.1. The normalized spacial score (nSPS) is 13.9.